The zero-order valence-corrected chi connectivity index (χ0v) is 18.6. The fourth-order valence-corrected chi connectivity index (χ4v) is 3.18. The minimum Gasteiger partial charge on any atom is -0.486 e. The first kappa shape index (κ1) is 21.2. The predicted octanol–water partition coefficient (Wildman–Crippen LogP) is 3.75. The summed E-state index contributed by atoms with van der Waals surface area (Å²) < 4.78 is 11.8. The lowest BCUT2D eigenvalue weighted by Gasteiger charge is -2.27. The molecule has 0 aliphatic carbocycles. The Morgan fingerprint density at radius 2 is 1.86 bits per heavy atom. The molecule has 152 valence electrons. The molecule has 1 aliphatic rings. The highest BCUT2D eigenvalue weighted by Crippen LogP contribution is 2.30. The number of hydrogen-bond donors (Lipinski definition) is 2. The molecule has 7 heteroatoms. The average molecular weight is 504 g/mol. The summed E-state index contributed by atoms with van der Waals surface area (Å²) in [4.78, 5) is 9.20. The van der Waals surface area contributed by atoms with Crippen molar-refractivity contribution in [2.75, 3.05) is 19.7 Å². The summed E-state index contributed by atoms with van der Waals surface area (Å²) in [6.07, 6.45) is 1.76. The Morgan fingerprint density at radius 1 is 1.07 bits per heavy atom. The summed E-state index contributed by atoms with van der Waals surface area (Å²) in [7, 11) is 0. The molecule has 0 saturated heterocycles. The summed E-state index contributed by atoms with van der Waals surface area (Å²) in [5.41, 5.74) is 0.960. The van der Waals surface area contributed by atoms with E-state index in [1.165, 1.54) is 5.39 Å². The van der Waals surface area contributed by atoms with Crippen LogP contribution in [-0.4, -0.2) is 36.7 Å². The van der Waals surface area contributed by atoms with Gasteiger partial charge in [0, 0.05) is 18.1 Å². The molecule has 0 spiro atoms. The maximum Gasteiger partial charge on any atom is 0.191 e. The summed E-state index contributed by atoms with van der Waals surface area (Å²) in [5.74, 6) is 2.31. The molecule has 0 radical (unpaired) electrons. The molecule has 2 aromatic carbocycles. The lowest BCUT2D eigenvalue weighted by Crippen LogP contribution is -2.45. The molecular weight excluding hydrogens is 479 g/mol. The molecule has 2 heterocycles. The van der Waals surface area contributed by atoms with Crippen molar-refractivity contribution in [3.8, 4) is 11.5 Å². The molecule has 29 heavy (non-hydrogen) atoms. The van der Waals surface area contributed by atoms with Crippen LogP contribution in [0.2, 0.25) is 0 Å². The second kappa shape index (κ2) is 10.3. The van der Waals surface area contributed by atoms with E-state index in [9.17, 15) is 0 Å². The zero-order valence-electron chi connectivity index (χ0n) is 16.3. The molecule has 6 nitrogen and oxygen atoms in total. The number of aromatic nitrogens is 1. The molecule has 3 aromatic rings. The number of para-hydroxylation sites is 2. The third-order valence-corrected chi connectivity index (χ3v) is 4.55. The van der Waals surface area contributed by atoms with Crippen LogP contribution >= 0.6 is 24.0 Å². The van der Waals surface area contributed by atoms with Gasteiger partial charge in [-0.3, -0.25) is 4.98 Å². The molecule has 1 aromatic heterocycles. The Hall–Kier alpha value is -2.55. The highest BCUT2D eigenvalue weighted by Gasteiger charge is 2.20. The first-order chi connectivity index (χ1) is 13.8. The Kier molecular flexibility index (Phi) is 7.51. The van der Waals surface area contributed by atoms with Crippen molar-refractivity contribution >= 4 is 40.7 Å². The lowest BCUT2D eigenvalue weighted by atomic mass is 10.1. The van der Waals surface area contributed by atoms with Gasteiger partial charge in [0.1, 0.15) is 12.7 Å². The van der Waals surface area contributed by atoms with Crippen LogP contribution in [0.5, 0.6) is 11.5 Å². The number of rotatable bonds is 5. The quantitative estimate of drug-likeness (QED) is 0.315. The second-order valence-electron chi connectivity index (χ2n) is 6.55. The third kappa shape index (κ3) is 5.29. The van der Waals surface area contributed by atoms with E-state index in [4.69, 9.17) is 14.5 Å². The topological polar surface area (TPSA) is 67.8 Å². The van der Waals surface area contributed by atoms with Crippen molar-refractivity contribution in [3.05, 3.63) is 66.5 Å². The number of nitrogens with one attached hydrogen (secondary N) is 2. The number of hydrogen-bond acceptors (Lipinski definition) is 4. The van der Waals surface area contributed by atoms with E-state index in [0.717, 1.165) is 35.1 Å². The number of nitrogens with zero attached hydrogens (tertiary/aromatic N) is 2. The normalized spacial score (nSPS) is 15.5. The fraction of sp³-hybridized carbons (Fsp3) is 0.273. The highest BCUT2D eigenvalue weighted by molar-refractivity contribution is 14.0. The van der Waals surface area contributed by atoms with Crippen molar-refractivity contribution in [1.29, 1.82) is 0 Å². The van der Waals surface area contributed by atoms with Crippen molar-refractivity contribution in [2.24, 2.45) is 4.99 Å². The van der Waals surface area contributed by atoms with Gasteiger partial charge in [-0.2, -0.15) is 0 Å². The first-order valence-electron chi connectivity index (χ1n) is 9.57. The Labute approximate surface area is 187 Å². The van der Waals surface area contributed by atoms with Crippen LogP contribution in [0.3, 0.4) is 0 Å². The Bertz CT molecular complexity index is 974. The number of halogens is 1. The van der Waals surface area contributed by atoms with E-state index in [-0.39, 0.29) is 30.1 Å². The maximum absolute atomic E-state index is 6.00. The average Bonchev–Trinajstić information content (AvgIpc) is 2.75. The SMILES string of the molecule is CCNC(=NCc1nccc2ccccc12)NCC1COc2ccccc2O1.I. The standard InChI is InChI=1S/C22H24N4O2.HI/c1-2-23-22(25-13-17-15-27-20-9-5-6-10-21(20)28-17)26-14-19-18-8-4-3-7-16(18)11-12-24-19;/h3-12,17H,2,13-15H2,1H3,(H2,23,25,26);1H. The van der Waals surface area contributed by atoms with Gasteiger partial charge in [0.05, 0.1) is 18.8 Å². The molecule has 4 rings (SSSR count). The summed E-state index contributed by atoms with van der Waals surface area (Å²) in [6.45, 7) is 4.43. The van der Waals surface area contributed by atoms with Crippen molar-refractivity contribution < 1.29 is 9.47 Å². The largest absolute Gasteiger partial charge is 0.486 e. The minimum absolute atomic E-state index is 0. The third-order valence-electron chi connectivity index (χ3n) is 4.55. The monoisotopic (exact) mass is 504 g/mol. The number of benzene rings is 2. The maximum atomic E-state index is 6.00. The molecule has 1 unspecified atom stereocenters. The molecule has 0 saturated carbocycles. The van der Waals surface area contributed by atoms with Gasteiger partial charge in [-0.25, -0.2) is 4.99 Å². The van der Waals surface area contributed by atoms with Crippen LogP contribution in [0.25, 0.3) is 10.8 Å². The van der Waals surface area contributed by atoms with Crippen LogP contribution in [-0.2, 0) is 6.54 Å². The smallest absolute Gasteiger partial charge is 0.191 e. The van der Waals surface area contributed by atoms with Crippen molar-refractivity contribution in [1.82, 2.24) is 15.6 Å². The van der Waals surface area contributed by atoms with Gasteiger partial charge in [0.15, 0.2) is 17.5 Å². The van der Waals surface area contributed by atoms with E-state index < -0.39 is 0 Å². The van der Waals surface area contributed by atoms with Crippen LogP contribution in [0.15, 0.2) is 65.8 Å². The predicted molar refractivity (Wildman–Crippen MR) is 126 cm³/mol. The van der Waals surface area contributed by atoms with E-state index in [1.54, 1.807) is 0 Å². The van der Waals surface area contributed by atoms with Gasteiger partial charge >= 0.3 is 0 Å². The highest BCUT2D eigenvalue weighted by atomic mass is 127. The Balaban J connectivity index is 0.00000240. The number of fused-ring (bicyclic) bond motifs is 2. The number of pyridine rings is 1. The van der Waals surface area contributed by atoms with E-state index in [2.05, 4.69) is 27.8 Å². The van der Waals surface area contributed by atoms with Crippen LogP contribution in [0.4, 0.5) is 0 Å². The molecule has 0 amide bonds. The lowest BCUT2D eigenvalue weighted by molar-refractivity contribution is 0.0936. The van der Waals surface area contributed by atoms with Gasteiger partial charge in [-0.1, -0.05) is 36.4 Å². The number of aliphatic imine (C=N–C) groups is 1. The van der Waals surface area contributed by atoms with Gasteiger partial charge in [0.2, 0.25) is 0 Å². The van der Waals surface area contributed by atoms with E-state index >= 15 is 0 Å². The first-order valence-corrected chi connectivity index (χ1v) is 9.57. The van der Waals surface area contributed by atoms with E-state index in [1.807, 2.05) is 55.6 Å². The minimum atomic E-state index is -0.0746. The van der Waals surface area contributed by atoms with Crippen LogP contribution in [0, 0.1) is 0 Å². The molecule has 0 fully saturated rings. The Morgan fingerprint density at radius 3 is 2.72 bits per heavy atom. The van der Waals surface area contributed by atoms with Crippen LogP contribution in [0.1, 0.15) is 12.6 Å². The molecule has 2 N–H and O–H groups in total. The fourth-order valence-electron chi connectivity index (χ4n) is 3.18. The number of guanidine groups is 1. The van der Waals surface area contributed by atoms with Gasteiger partial charge < -0.3 is 20.1 Å². The van der Waals surface area contributed by atoms with Gasteiger partial charge in [0.25, 0.3) is 0 Å². The van der Waals surface area contributed by atoms with E-state index in [0.29, 0.717) is 19.7 Å². The number of ether oxygens (including phenoxy) is 2. The zero-order chi connectivity index (χ0) is 19.2. The van der Waals surface area contributed by atoms with Gasteiger partial charge in [-0.15, -0.1) is 24.0 Å². The molecule has 0 bridgehead atoms. The second-order valence-corrected chi connectivity index (χ2v) is 6.55. The summed E-state index contributed by atoms with van der Waals surface area (Å²) in [6, 6.07) is 18.0. The van der Waals surface area contributed by atoms with Crippen molar-refractivity contribution in [3.63, 3.8) is 0 Å². The molecule has 1 atom stereocenters. The summed E-state index contributed by atoms with van der Waals surface area (Å²) >= 11 is 0. The van der Waals surface area contributed by atoms with Crippen LogP contribution < -0.4 is 20.1 Å². The van der Waals surface area contributed by atoms with Gasteiger partial charge in [-0.05, 0) is 30.5 Å². The summed E-state index contributed by atoms with van der Waals surface area (Å²) in [5, 5.41) is 8.92. The molecular formula is C22H25IN4O2. The van der Waals surface area contributed by atoms with Crippen molar-refractivity contribution in [2.45, 2.75) is 19.6 Å². The molecule has 1 aliphatic heterocycles.